The minimum atomic E-state index is -0.0978. The quantitative estimate of drug-likeness (QED) is 0.807. The predicted molar refractivity (Wildman–Crippen MR) is 76.3 cm³/mol. The van der Waals surface area contributed by atoms with Crippen LogP contribution in [0.5, 0.6) is 5.75 Å². The SMILES string of the molecule is Cc1cc(O)ccc1[C@H]1CC[C@@]2(C)[C@@H](CC[C@@H]2O)C1. The van der Waals surface area contributed by atoms with Gasteiger partial charge in [0.05, 0.1) is 6.10 Å². The Kier molecular flexibility index (Phi) is 3.09. The van der Waals surface area contributed by atoms with Crippen LogP contribution in [0.15, 0.2) is 18.2 Å². The lowest BCUT2D eigenvalue weighted by Crippen LogP contribution is -2.37. The molecule has 2 N–H and O–H groups in total. The van der Waals surface area contributed by atoms with Gasteiger partial charge in [0.2, 0.25) is 0 Å². The van der Waals surface area contributed by atoms with Crippen LogP contribution in [0, 0.1) is 18.3 Å². The van der Waals surface area contributed by atoms with Crippen LogP contribution in [-0.2, 0) is 0 Å². The van der Waals surface area contributed by atoms with Crippen molar-refractivity contribution in [3.8, 4) is 5.75 Å². The van der Waals surface area contributed by atoms with Crippen LogP contribution < -0.4 is 0 Å². The second-order valence-corrected chi connectivity index (χ2v) is 6.81. The van der Waals surface area contributed by atoms with Crippen molar-refractivity contribution in [2.45, 2.75) is 58.0 Å². The number of aromatic hydroxyl groups is 1. The van der Waals surface area contributed by atoms with Crippen LogP contribution in [0.2, 0.25) is 0 Å². The lowest BCUT2D eigenvalue weighted by molar-refractivity contribution is 0.00867. The highest BCUT2D eigenvalue weighted by molar-refractivity contribution is 5.36. The lowest BCUT2D eigenvalue weighted by Gasteiger charge is -2.42. The van der Waals surface area contributed by atoms with Gasteiger partial charge in [0.15, 0.2) is 0 Å². The average Bonchev–Trinajstić information content (AvgIpc) is 2.66. The predicted octanol–water partition coefficient (Wildman–Crippen LogP) is 3.75. The molecule has 2 aliphatic rings. The molecule has 4 atom stereocenters. The Balaban J connectivity index is 1.82. The molecule has 0 aromatic heterocycles. The summed E-state index contributed by atoms with van der Waals surface area (Å²) in [5, 5.41) is 19.7. The molecule has 0 spiro atoms. The Morgan fingerprint density at radius 2 is 2.00 bits per heavy atom. The Morgan fingerprint density at radius 1 is 1.21 bits per heavy atom. The molecule has 0 saturated heterocycles. The van der Waals surface area contributed by atoms with Crippen molar-refractivity contribution in [3.63, 3.8) is 0 Å². The smallest absolute Gasteiger partial charge is 0.115 e. The van der Waals surface area contributed by atoms with E-state index in [4.69, 9.17) is 0 Å². The third kappa shape index (κ3) is 2.06. The molecule has 2 saturated carbocycles. The molecule has 2 fully saturated rings. The average molecular weight is 260 g/mol. The number of hydrogen-bond acceptors (Lipinski definition) is 2. The Labute approximate surface area is 115 Å². The van der Waals surface area contributed by atoms with Crippen molar-refractivity contribution >= 4 is 0 Å². The molecule has 0 aliphatic heterocycles. The van der Waals surface area contributed by atoms with Gasteiger partial charge in [-0.25, -0.2) is 0 Å². The highest BCUT2D eigenvalue weighted by Gasteiger charge is 2.48. The van der Waals surface area contributed by atoms with Crippen LogP contribution in [0.25, 0.3) is 0 Å². The second kappa shape index (κ2) is 4.52. The van der Waals surface area contributed by atoms with Crippen LogP contribution in [0.1, 0.15) is 56.1 Å². The zero-order chi connectivity index (χ0) is 13.6. The maximum Gasteiger partial charge on any atom is 0.115 e. The summed E-state index contributed by atoms with van der Waals surface area (Å²) in [5.41, 5.74) is 2.75. The number of phenols is 1. The molecule has 0 amide bonds. The van der Waals surface area contributed by atoms with Gasteiger partial charge in [0, 0.05) is 0 Å². The number of aliphatic hydroxyl groups excluding tert-OH is 1. The number of phenolic OH excluding ortho intramolecular Hbond substituents is 1. The van der Waals surface area contributed by atoms with Gasteiger partial charge in [-0.1, -0.05) is 13.0 Å². The van der Waals surface area contributed by atoms with E-state index >= 15 is 0 Å². The van der Waals surface area contributed by atoms with E-state index in [-0.39, 0.29) is 11.5 Å². The van der Waals surface area contributed by atoms with Crippen molar-refractivity contribution in [3.05, 3.63) is 29.3 Å². The molecule has 104 valence electrons. The minimum Gasteiger partial charge on any atom is -0.508 e. The molecule has 19 heavy (non-hydrogen) atoms. The van der Waals surface area contributed by atoms with E-state index in [1.807, 2.05) is 6.07 Å². The Hall–Kier alpha value is -1.02. The monoisotopic (exact) mass is 260 g/mol. The summed E-state index contributed by atoms with van der Waals surface area (Å²) in [4.78, 5) is 0. The second-order valence-electron chi connectivity index (χ2n) is 6.81. The standard InChI is InChI=1S/C17H24O2/c1-11-9-14(18)4-5-15(11)12-7-8-17(2)13(10-12)3-6-16(17)19/h4-5,9,12-13,16,18-19H,3,6-8,10H2,1-2H3/t12-,13-,16-,17-/m0/s1. The normalized spacial score (nSPS) is 38.2. The van der Waals surface area contributed by atoms with E-state index in [1.54, 1.807) is 6.07 Å². The van der Waals surface area contributed by atoms with E-state index in [0.717, 1.165) is 19.3 Å². The number of aliphatic hydroxyl groups is 1. The molecule has 0 radical (unpaired) electrons. The first-order valence-electron chi connectivity index (χ1n) is 7.48. The molecule has 0 heterocycles. The van der Waals surface area contributed by atoms with E-state index in [0.29, 0.717) is 17.6 Å². The molecule has 0 bridgehead atoms. The van der Waals surface area contributed by atoms with Gasteiger partial charge in [-0.2, -0.15) is 0 Å². The fourth-order valence-electron chi connectivity index (χ4n) is 4.40. The summed E-state index contributed by atoms with van der Waals surface area (Å²) in [5.74, 6) is 1.62. The zero-order valence-corrected chi connectivity index (χ0v) is 11.9. The van der Waals surface area contributed by atoms with E-state index in [1.165, 1.54) is 24.0 Å². The van der Waals surface area contributed by atoms with Gasteiger partial charge >= 0.3 is 0 Å². The summed E-state index contributed by atoms with van der Waals surface area (Å²) in [7, 11) is 0. The van der Waals surface area contributed by atoms with Crippen molar-refractivity contribution in [1.82, 2.24) is 0 Å². The van der Waals surface area contributed by atoms with Gasteiger partial charge in [0.25, 0.3) is 0 Å². The molecule has 2 heteroatoms. The number of hydrogen-bond donors (Lipinski definition) is 2. The van der Waals surface area contributed by atoms with Crippen LogP contribution in [0.3, 0.4) is 0 Å². The number of benzene rings is 1. The van der Waals surface area contributed by atoms with Gasteiger partial charge in [-0.3, -0.25) is 0 Å². The maximum atomic E-state index is 10.2. The third-order valence-corrected chi connectivity index (χ3v) is 5.78. The number of rotatable bonds is 1. The third-order valence-electron chi connectivity index (χ3n) is 5.78. The van der Waals surface area contributed by atoms with Crippen molar-refractivity contribution in [2.24, 2.45) is 11.3 Å². The molecule has 2 aliphatic carbocycles. The first-order chi connectivity index (χ1) is 9.00. The molecule has 3 rings (SSSR count). The van der Waals surface area contributed by atoms with Crippen LogP contribution in [-0.4, -0.2) is 16.3 Å². The van der Waals surface area contributed by atoms with E-state index < -0.39 is 0 Å². The molecule has 1 aromatic carbocycles. The number of aryl methyl sites for hydroxylation is 1. The fraction of sp³-hybridized carbons (Fsp3) is 0.647. The lowest BCUT2D eigenvalue weighted by atomic mass is 9.64. The highest BCUT2D eigenvalue weighted by atomic mass is 16.3. The van der Waals surface area contributed by atoms with E-state index in [2.05, 4.69) is 19.9 Å². The summed E-state index contributed by atoms with van der Waals surface area (Å²) in [6.07, 6.45) is 5.53. The first kappa shape index (κ1) is 13.0. The van der Waals surface area contributed by atoms with E-state index in [9.17, 15) is 10.2 Å². The Morgan fingerprint density at radius 3 is 2.74 bits per heavy atom. The first-order valence-corrected chi connectivity index (χ1v) is 7.48. The minimum absolute atomic E-state index is 0.0978. The summed E-state index contributed by atoms with van der Waals surface area (Å²) in [6.45, 7) is 4.36. The Bertz CT molecular complexity index is 482. The molecule has 1 aromatic rings. The highest BCUT2D eigenvalue weighted by Crippen LogP contribution is 2.55. The summed E-state index contributed by atoms with van der Waals surface area (Å²) >= 11 is 0. The fourth-order valence-corrected chi connectivity index (χ4v) is 4.40. The molecule has 2 nitrogen and oxygen atoms in total. The largest absolute Gasteiger partial charge is 0.508 e. The van der Waals surface area contributed by atoms with Crippen molar-refractivity contribution in [2.75, 3.05) is 0 Å². The van der Waals surface area contributed by atoms with Gasteiger partial charge < -0.3 is 10.2 Å². The summed E-state index contributed by atoms with van der Waals surface area (Å²) in [6, 6.07) is 5.76. The van der Waals surface area contributed by atoms with Crippen molar-refractivity contribution < 1.29 is 10.2 Å². The molecule has 0 unspecified atom stereocenters. The van der Waals surface area contributed by atoms with Crippen LogP contribution in [0.4, 0.5) is 0 Å². The summed E-state index contributed by atoms with van der Waals surface area (Å²) < 4.78 is 0. The zero-order valence-electron chi connectivity index (χ0n) is 11.9. The topological polar surface area (TPSA) is 40.5 Å². The van der Waals surface area contributed by atoms with Gasteiger partial charge in [0.1, 0.15) is 5.75 Å². The molecular formula is C17H24O2. The van der Waals surface area contributed by atoms with Gasteiger partial charge in [-0.15, -0.1) is 0 Å². The molecular weight excluding hydrogens is 236 g/mol. The van der Waals surface area contributed by atoms with Crippen LogP contribution >= 0.6 is 0 Å². The van der Waals surface area contributed by atoms with Gasteiger partial charge in [-0.05, 0) is 79.5 Å². The maximum absolute atomic E-state index is 10.2. The van der Waals surface area contributed by atoms with Crippen molar-refractivity contribution in [1.29, 1.82) is 0 Å². The number of fused-ring (bicyclic) bond motifs is 1.